The fourth-order valence-corrected chi connectivity index (χ4v) is 4.80. The van der Waals surface area contributed by atoms with E-state index in [2.05, 4.69) is 9.97 Å². The Hall–Kier alpha value is -0.100. The Kier molecular flexibility index (Phi) is 8.38. The molecule has 0 radical (unpaired) electrons. The van der Waals surface area contributed by atoms with Crippen molar-refractivity contribution in [2.75, 3.05) is 10.4 Å². The van der Waals surface area contributed by atoms with Crippen LogP contribution in [0.5, 0.6) is 0 Å². The number of halogens is 2. The molecule has 0 amide bonds. The van der Waals surface area contributed by atoms with Crippen LogP contribution in [-0.2, 0) is 7.91 Å². The van der Waals surface area contributed by atoms with E-state index in [4.69, 9.17) is 10.0 Å². The summed E-state index contributed by atoms with van der Waals surface area (Å²) < 4.78 is 13.0. The van der Waals surface area contributed by atoms with Gasteiger partial charge < -0.3 is 0 Å². The van der Waals surface area contributed by atoms with Crippen LogP contribution in [-0.4, -0.2) is 25.7 Å². The van der Waals surface area contributed by atoms with E-state index >= 15 is 0 Å². The van der Waals surface area contributed by atoms with Gasteiger partial charge in [-0.2, -0.15) is 0 Å². The monoisotopic (exact) mass is 580 g/mol. The molecule has 0 unspecified atom stereocenters. The van der Waals surface area contributed by atoms with Crippen LogP contribution in [0.2, 0.25) is 0 Å². The molecule has 2 rings (SSSR count). The van der Waals surface area contributed by atoms with Gasteiger partial charge in [-0.25, -0.2) is 3.07 Å². The molecular formula is C11H10I2N4O4S2-2. The summed E-state index contributed by atoms with van der Waals surface area (Å²) in [5, 5.41) is 20.8. The SMILES string of the molecule is CON(I=O)c1ccc(SSc2ccc([I-]N([O-])O)cn2)nc1. The molecule has 0 fully saturated rings. The molecule has 0 aliphatic carbocycles. The van der Waals surface area contributed by atoms with Gasteiger partial charge in [0.1, 0.15) is 0 Å². The van der Waals surface area contributed by atoms with E-state index in [1.54, 1.807) is 36.7 Å². The summed E-state index contributed by atoms with van der Waals surface area (Å²) in [5.41, 5.74) is 0.641. The van der Waals surface area contributed by atoms with Gasteiger partial charge in [0, 0.05) is 0 Å². The molecule has 0 aliphatic rings. The molecule has 1 N–H and O–H groups in total. The van der Waals surface area contributed by atoms with Crippen LogP contribution in [0.25, 0.3) is 0 Å². The minimum absolute atomic E-state index is 0.0313. The summed E-state index contributed by atoms with van der Waals surface area (Å²) >= 11 is -2.55. The van der Waals surface area contributed by atoms with Crippen molar-refractivity contribution in [1.82, 2.24) is 13.4 Å². The van der Waals surface area contributed by atoms with Gasteiger partial charge in [-0.3, -0.25) is 0 Å². The number of hydrogen-bond acceptors (Lipinski definition) is 9. The molecule has 2 aromatic rings. The molecule has 126 valence electrons. The summed E-state index contributed by atoms with van der Waals surface area (Å²) in [5.74, 6) is 0. The number of anilines is 1. The molecule has 8 nitrogen and oxygen atoms in total. The van der Waals surface area contributed by atoms with E-state index in [0.717, 1.165) is 13.6 Å². The van der Waals surface area contributed by atoms with Crippen molar-refractivity contribution in [2.45, 2.75) is 10.1 Å². The van der Waals surface area contributed by atoms with Crippen LogP contribution in [0.1, 0.15) is 0 Å². The molecule has 0 aromatic carbocycles. The maximum absolute atomic E-state index is 11.0. The zero-order valence-corrected chi connectivity index (χ0v) is 17.4. The molecule has 0 saturated heterocycles. The first kappa shape index (κ1) is 19.2. The fraction of sp³-hybridized carbons (Fsp3) is 0.0909. The van der Waals surface area contributed by atoms with Gasteiger partial charge in [0.05, 0.1) is 7.11 Å². The van der Waals surface area contributed by atoms with Gasteiger partial charge in [0.2, 0.25) is 0 Å². The first-order valence-corrected chi connectivity index (χ1v) is 11.9. The first-order chi connectivity index (χ1) is 11.1. The third-order valence-corrected chi connectivity index (χ3v) is 7.33. The molecule has 12 heteroatoms. The van der Waals surface area contributed by atoms with Crippen LogP contribution >= 0.6 is 43.1 Å². The van der Waals surface area contributed by atoms with Crippen LogP contribution < -0.4 is 24.8 Å². The zero-order valence-electron chi connectivity index (χ0n) is 11.5. The molecule has 0 saturated carbocycles. The maximum atomic E-state index is 11.0. The summed E-state index contributed by atoms with van der Waals surface area (Å²) in [7, 11) is 4.31. The normalized spacial score (nSPS) is 11.1. The standard InChI is InChI=1S/C11H10I2N4O4S2/c1-21-16(13-18)9-3-5-11(15-7-9)23-22-10-4-2-8(6-14-10)12-17(19)20/h2-7,19H,1H3/q-2. The van der Waals surface area contributed by atoms with Crippen LogP contribution in [0, 0.1) is 8.78 Å². The van der Waals surface area contributed by atoms with E-state index < -0.39 is 42.9 Å². The van der Waals surface area contributed by atoms with E-state index in [9.17, 15) is 8.28 Å². The number of rotatable bonds is 8. The van der Waals surface area contributed by atoms with Gasteiger partial charge >= 0.3 is 152 Å². The second-order valence-corrected chi connectivity index (χ2v) is 9.64. The van der Waals surface area contributed by atoms with Gasteiger partial charge in [-0.05, 0) is 0 Å². The Morgan fingerprint density at radius 2 is 1.87 bits per heavy atom. The second-order valence-electron chi connectivity index (χ2n) is 3.64. The predicted molar refractivity (Wildman–Crippen MR) is 90.1 cm³/mol. The fourth-order valence-electron chi connectivity index (χ4n) is 1.33. The first-order valence-electron chi connectivity index (χ1n) is 5.82. The van der Waals surface area contributed by atoms with Gasteiger partial charge in [0.25, 0.3) is 0 Å². The summed E-state index contributed by atoms with van der Waals surface area (Å²) in [6, 6.07) is 7.15. The van der Waals surface area contributed by atoms with Gasteiger partial charge in [-0.15, -0.1) is 0 Å². The van der Waals surface area contributed by atoms with E-state index in [1.807, 2.05) is 0 Å². The van der Waals surface area contributed by atoms with Crippen molar-refractivity contribution >= 4 is 48.7 Å². The van der Waals surface area contributed by atoms with Crippen molar-refractivity contribution in [2.24, 2.45) is 0 Å². The number of nitrogens with zero attached hydrogens (tertiary/aromatic N) is 4. The summed E-state index contributed by atoms with van der Waals surface area (Å²) in [6.45, 7) is 0. The van der Waals surface area contributed by atoms with Gasteiger partial charge in [0.15, 0.2) is 0 Å². The Morgan fingerprint density at radius 3 is 2.30 bits per heavy atom. The van der Waals surface area contributed by atoms with Crippen LogP contribution in [0.3, 0.4) is 0 Å². The Balaban J connectivity index is 1.91. The zero-order chi connectivity index (χ0) is 16.7. The van der Waals surface area contributed by atoms with Crippen molar-refractivity contribution in [3.8, 4) is 0 Å². The summed E-state index contributed by atoms with van der Waals surface area (Å²) in [6.07, 6.45) is 3.18. The summed E-state index contributed by atoms with van der Waals surface area (Å²) in [4.78, 5) is 13.4. The molecule has 0 spiro atoms. The van der Waals surface area contributed by atoms with Crippen LogP contribution in [0.4, 0.5) is 5.69 Å². The molecule has 2 aromatic heterocycles. The van der Waals surface area contributed by atoms with E-state index in [1.165, 1.54) is 32.0 Å². The third kappa shape index (κ3) is 6.37. The molecule has 23 heavy (non-hydrogen) atoms. The molecule has 0 atom stereocenters. The Labute approximate surface area is 161 Å². The van der Waals surface area contributed by atoms with Crippen molar-refractivity contribution < 1.29 is 34.6 Å². The number of aromatic nitrogens is 2. The minimum atomic E-state index is -1.44. The molecular weight excluding hydrogens is 570 g/mol. The van der Waals surface area contributed by atoms with E-state index in [-0.39, 0.29) is 3.44 Å². The van der Waals surface area contributed by atoms with Crippen molar-refractivity contribution in [3.05, 3.63) is 45.4 Å². The topological polar surface area (TPSA) is 102 Å². The van der Waals surface area contributed by atoms with Crippen molar-refractivity contribution in [3.63, 3.8) is 0 Å². The van der Waals surface area contributed by atoms with Crippen LogP contribution in [0.15, 0.2) is 46.7 Å². The van der Waals surface area contributed by atoms with E-state index in [0.29, 0.717) is 5.69 Å². The third-order valence-electron chi connectivity index (χ3n) is 2.23. The van der Waals surface area contributed by atoms with Gasteiger partial charge in [-0.1, -0.05) is 0 Å². The number of pyridine rings is 2. The van der Waals surface area contributed by atoms with Crippen molar-refractivity contribution in [1.29, 1.82) is 0 Å². The second kappa shape index (κ2) is 10.0. The predicted octanol–water partition coefficient (Wildman–Crippen LogP) is 0.238. The average Bonchev–Trinajstić information content (AvgIpc) is 2.56. The molecule has 0 aliphatic heterocycles. The molecule has 0 bridgehead atoms. The Morgan fingerprint density at radius 1 is 1.22 bits per heavy atom. The Bertz CT molecular complexity index is 633. The number of hydrogen-bond donors (Lipinski definition) is 1. The average molecular weight is 580 g/mol. The molecule has 2 heterocycles. The quantitative estimate of drug-likeness (QED) is 0.202.